The average molecular weight is 568 g/mol. The van der Waals surface area contributed by atoms with Crippen molar-refractivity contribution in [3.05, 3.63) is 105 Å². The van der Waals surface area contributed by atoms with Gasteiger partial charge in [-0.2, -0.15) is 0 Å². The third-order valence-corrected chi connectivity index (χ3v) is 6.66. The third-order valence-electron chi connectivity index (χ3n) is 6.01. The van der Waals surface area contributed by atoms with Gasteiger partial charge in [0.05, 0.1) is 42.6 Å². The Balaban J connectivity index is 1.54. The molecule has 0 aliphatic carbocycles. The zero-order valence-electron chi connectivity index (χ0n) is 21.6. The number of aromatic nitrogens is 2. The molecule has 202 valence electrons. The molecular formula is C29H27Cl2N3O5. The van der Waals surface area contributed by atoms with Crippen molar-refractivity contribution >= 4 is 34.9 Å². The number of hydrogen-bond acceptors (Lipinski definition) is 8. The Hall–Kier alpha value is -4.01. The predicted octanol–water partition coefficient (Wildman–Crippen LogP) is 6.56. The Morgan fingerprint density at radius 1 is 0.923 bits per heavy atom. The van der Waals surface area contributed by atoms with Crippen LogP contribution in [0.5, 0.6) is 17.4 Å². The highest BCUT2D eigenvalue weighted by molar-refractivity contribution is 6.35. The highest BCUT2D eigenvalue weighted by Crippen LogP contribution is 2.35. The lowest BCUT2D eigenvalue weighted by molar-refractivity contribution is 0.0297. The van der Waals surface area contributed by atoms with E-state index in [0.29, 0.717) is 50.7 Å². The zero-order chi connectivity index (χ0) is 27.8. The molecule has 0 aliphatic heterocycles. The minimum absolute atomic E-state index is 0.232. The fourth-order valence-corrected chi connectivity index (χ4v) is 4.46. The van der Waals surface area contributed by atoms with E-state index in [1.165, 1.54) is 12.4 Å². The van der Waals surface area contributed by atoms with Gasteiger partial charge in [-0.25, -0.2) is 9.78 Å². The van der Waals surface area contributed by atoms with Crippen molar-refractivity contribution in [2.75, 3.05) is 26.6 Å². The van der Waals surface area contributed by atoms with Crippen molar-refractivity contribution in [1.82, 2.24) is 9.97 Å². The van der Waals surface area contributed by atoms with Crippen LogP contribution >= 0.6 is 23.2 Å². The predicted molar refractivity (Wildman–Crippen MR) is 150 cm³/mol. The van der Waals surface area contributed by atoms with Crippen molar-refractivity contribution in [2.45, 2.75) is 19.1 Å². The highest BCUT2D eigenvalue weighted by Gasteiger charge is 2.23. The summed E-state index contributed by atoms with van der Waals surface area (Å²) in [4.78, 5) is 21.4. The van der Waals surface area contributed by atoms with Crippen molar-refractivity contribution in [1.29, 1.82) is 0 Å². The second kappa shape index (κ2) is 13.2. The number of carbonyl (C=O) groups is 1. The number of rotatable bonds is 11. The van der Waals surface area contributed by atoms with E-state index < -0.39 is 12.1 Å². The molecule has 1 N–H and O–H groups in total. The molecule has 0 saturated heterocycles. The summed E-state index contributed by atoms with van der Waals surface area (Å²) in [6.07, 6.45) is 4.19. The fraction of sp³-hybridized carbons (Fsp3) is 0.207. The highest BCUT2D eigenvalue weighted by atomic mass is 35.5. The normalized spacial score (nSPS) is 11.4. The molecule has 0 radical (unpaired) electrons. The summed E-state index contributed by atoms with van der Waals surface area (Å²) in [6.45, 7) is 0.519. The van der Waals surface area contributed by atoms with Crippen molar-refractivity contribution in [3.63, 3.8) is 0 Å². The van der Waals surface area contributed by atoms with Gasteiger partial charge in [-0.05, 0) is 53.1 Å². The van der Waals surface area contributed by atoms with E-state index in [1.54, 1.807) is 51.8 Å². The summed E-state index contributed by atoms with van der Waals surface area (Å²) in [5.41, 5.74) is 3.44. The molecule has 0 saturated carbocycles. The summed E-state index contributed by atoms with van der Waals surface area (Å²) in [5, 5.41) is 4.05. The average Bonchev–Trinajstić information content (AvgIpc) is 2.97. The van der Waals surface area contributed by atoms with Gasteiger partial charge in [-0.15, -0.1) is 0 Å². The molecule has 39 heavy (non-hydrogen) atoms. The number of pyridine rings is 2. The van der Waals surface area contributed by atoms with Crippen LogP contribution in [-0.2, 0) is 17.7 Å². The summed E-state index contributed by atoms with van der Waals surface area (Å²) >= 11 is 12.8. The molecule has 2 aromatic heterocycles. The Morgan fingerprint density at radius 3 is 2.31 bits per heavy atom. The van der Waals surface area contributed by atoms with Crippen LogP contribution in [0.1, 0.15) is 33.2 Å². The van der Waals surface area contributed by atoms with Crippen LogP contribution in [0.15, 0.2) is 73.2 Å². The Bertz CT molecular complexity index is 1410. The molecule has 0 bridgehead atoms. The second-order valence-electron chi connectivity index (χ2n) is 8.40. The maximum absolute atomic E-state index is 13.2. The van der Waals surface area contributed by atoms with Gasteiger partial charge in [-0.3, -0.25) is 4.98 Å². The number of nitrogens with zero attached hydrogens (tertiary/aromatic N) is 2. The number of ether oxygens (including phenoxy) is 4. The quantitative estimate of drug-likeness (QED) is 0.204. The van der Waals surface area contributed by atoms with E-state index in [0.717, 1.165) is 11.3 Å². The lowest BCUT2D eigenvalue weighted by Crippen LogP contribution is -2.15. The molecule has 4 aromatic rings. The van der Waals surface area contributed by atoms with E-state index in [2.05, 4.69) is 15.3 Å². The molecule has 10 heteroatoms. The first-order chi connectivity index (χ1) is 18.9. The summed E-state index contributed by atoms with van der Waals surface area (Å²) in [6, 6.07) is 16.2. The first-order valence-corrected chi connectivity index (χ1v) is 12.7. The molecule has 0 spiro atoms. The largest absolute Gasteiger partial charge is 0.493 e. The van der Waals surface area contributed by atoms with Gasteiger partial charge in [0.25, 0.3) is 0 Å². The van der Waals surface area contributed by atoms with Gasteiger partial charge in [0.1, 0.15) is 6.10 Å². The van der Waals surface area contributed by atoms with Gasteiger partial charge >= 0.3 is 5.97 Å². The number of esters is 1. The number of benzene rings is 2. The van der Waals surface area contributed by atoms with Crippen LogP contribution in [0.4, 0.5) is 5.69 Å². The van der Waals surface area contributed by atoms with Gasteiger partial charge < -0.3 is 24.3 Å². The molecule has 0 unspecified atom stereocenters. The lowest BCUT2D eigenvalue weighted by Gasteiger charge is -2.21. The van der Waals surface area contributed by atoms with Crippen LogP contribution < -0.4 is 19.5 Å². The zero-order valence-corrected chi connectivity index (χ0v) is 23.1. The summed E-state index contributed by atoms with van der Waals surface area (Å²) in [5.74, 6) is 1.07. The number of nitrogens with one attached hydrogen (secondary N) is 1. The molecule has 0 aliphatic rings. The van der Waals surface area contributed by atoms with E-state index >= 15 is 0 Å². The topological polar surface area (TPSA) is 91.8 Å². The Morgan fingerprint density at radius 2 is 1.64 bits per heavy atom. The van der Waals surface area contributed by atoms with Crippen LogP contribution in [0.3, 0.4) is 0 Å². The van der Waals surface area contributed by atoms with Crippen LogP contribution in [-0.4, -0.2) is 37.3 Å². The standard InChI is InChI=1S/C29H27Cl2N3O5/c1-36-25-11-10-20(13-27(25)37-2)26(14-21-22(30)16-32-17-23(21)31)39-29(35)19-8-6-18(7-9-19)15-34-24-5-4-12-33-28(24)38-3/h4-13,16-17,26,34H,14-15H2,1-3H3/t26-/m0/s1. The van der Waals surface area contributed by atoms with E-state index in [4.69, 9.17) is 42.1 Å². The SMILES string of the molecule is COc1ccc([C@H](Cc2c(Cl)cncc2Cl)OC(=O)c2ccc(CNc3cccnc3OC)cc2)cc1OC. The summed E-state index contributed by atoms with van der Waals surface area (Å²) < 4.78 is 22.1. The molecule has 2 aromatic carbocycles. The van der Waals surface area contributed by atoms with Crippen molar-refractivity contribution < 1.29 is 23.7 Å². The van der Waals surface area contributed by atoms with Crippen LogP contribution in [0, 0.1) is 0 Å². The summed E-state index contributed by atoms with van der Waals surface area (Å²) in [7, 11) is 4.66. The van der Waals surface area contributed by atoms with Gasteiger partial charge in [-0.1, -0.05) is 41.4 Å². The van der Waals surface area contributed by atoms with Crippen LogP contribution in [0.2, 0.25) is 10.0 Å². The van der Waals surface area contributed by atoms with E-state index in [-0.39, 0.29) is 6.42 Å². The van der Waals surface area contributed by atoms with Gasteiger partial charge in [0, 0.05) is 31.6 Å². The first-order valence-electron chi connectivity index (χ1n) is 12.0. The lowest BCUT2D eigenvalue weighted by atomic mass is 10.0. The molecule has 8 nitrogen and oxygen atoms in total. The number of carbonyl (C=O) groups excluding carboxylic acids is 1. The maximum Gasteiger partial charge on any atom is 0.338 e. The molecule has 0 fully saturated rings. The minimum Gasteiger partial charge on any atom is -0.493 e. The van der Waals surface area contributed by atoms with Crippen molar-refractivity contribution in [2.24, 2.45) is 0 Å². The molecule has 1 atom stereocenters. The molecular weight excluding hydrogens is 541 g/mol. The first kappa shape index (κ1) is 28.0. The second-order valence-corrected chi connectivity index (χ2v) is 9.22. The monoisotopic (exact) mass is 567 g/mol. The number of hydrogen-bond donors (Lipinski definition) is 1. The molecule has 2 heterocycles. The number of anilines is 1. The fourth-order valence-electron chi connectivity index (χ4n) is 3.94. The van der Waals surface area contributed by atoms with E-state index in [9.17, 15) is 4.79 Å². The Kier molecular flexibility index (Phi) is 9.46. The molecule has 4 rings (SSSR count). The number of methoxy groups -OCH3 is 3. The molecule has 0 amide bonds. The van der Waals surface area contributed by atoms with Gasteiger partial charge in [0.15, 0.2) is 11.5 Å². The van der Waals surface area contributed by atoms with Gasteiger partial charge in [0.2, 0.25) is 5.88 Å². The minimum atomic E-state index is -0.714. The van der Waals surface area contributed by atoms with E-state index in [1.807, 2.05) is 30.3 Å². The maximum atomic E-state index is 13.2. The van der Waals surface area contributed by atoms with Crippen LogP contribution in [0.25, 0.3) is 0 Å². The van der Waals surface area contributed by atoms with Crippen molar-refractivity contribution in [3.8, 4) is 17.4 Å². The third kappa shape index (κ3) is 6.90. The number of halogens is 2. The Labute approximate surface area is 236 Å². The smallest absolute Gasteiger partial charge is 0.338 e.